The molecule has 0 spiro atoms. The van der Waals surface area contributed by atoms with Crippen LogP contribution in [0.25, 0.3) is 44.1 Å². The van der Waals surface area contributed by atoms with Crippen molar-refractivity contribution >= 4 is 32.8 Å². The molecule has 3 aromatic heterocycles. The number of fused-ring (bicyclic) bond motifs is 4. The smallest absolute Gasteiger partial charge is 0.255 e. The highest BCUT2D eigenvalue weighted by atomic mass is 16.5. The van der Waals surface area contributed by atoms with Crippen LogP contribution in [0.1, 0.15) is 35.4 Å². The molecule has 1 aliphatic rings. The first-order valence-electron chi connectivity index (χ1n) is 12.1. The molecule has 0 amide bonds. The lowest BCUT2D eigenvalue weighted by Crippen LogP contribution is -2.18. The number of H-pyrrole nitrogens is 2. The molecule has 7 heteroatoms. The van der Waals surface area contributed by atoms with Crippen molar-refractivity contribution in [1.29, 1.82) is 0 Å². The predicted octanol–water partition coefficient (Wildman–Crippen LogP) is 4.88. The first-order valence-corrected chi connectivity index (χ1v) is 12.1. The van der Waals surface area contributed by atoms with Gasteiger partial charge in [0.25, 0.3) is 5.56 Å². The quantitative estimate of drug-likeness (QED) is 0.393. The number of rotatable bonds is 4. The summed E-state index contributed by atoms with van der Waals surface area (Å²) in [4.78, 5) is 30.5. The van der Waals surface area contributed by atoms with Gasteiger partial charge in [0.05, 0.1) is 17.4 Å². The van der Waals surface area contributed by atoms with Crippen LogP contribution in [0.4, 0.5) is 0 Å². The van der Waals surface area contributed by atoms with E-state index in [1.807, 2.05) is 19.2 Å². The monoisotopic (exact) mass is 467 g/mol. The van der Waals surface area contributed by atoms with Gasteiger partial charge in [-0.15, -0.1) is 0 Å². The summed E-state index contributed by atoms with van der Waals surface area (Å²) in [6.07, 6.45) is 5.72. The summed E-state index contributed by atoms with van der Waals surface area (Å²) in [5.74, 6) is 0.537. The number of aryl methyl sites for hydroxylation is 1. The summed E-state index contributed by atoms with van der Waals surface area (Å²) >= 11 is 0. The van der Waals surface area contributed by atoms with Gasteiger partial charge in [-0.05, 0) is 80.1 Å². The second kappa shape index (κ2) is 8.59. The Morgan fingerprint density at radius 2 is 1.91 bits per heavy atom. The summed E-state index contributed by atoms with van der Waals surface area (Å²) in [5, 5.41) is 2.58. The molecule has 0 aliphatic carbocycles. The number of nitrogens with one attached hydrogen (secondary N) is 2. The van der Waals surface area contributed by atoms with E-state index in [0.29, 0.717) is 11.3 Å². The molecule has 1 fully saturated rings. The molecule has 35 heavy (non-hydrogen) atoms. The van der Waals surface area contributed by atoms with E-state index in [1.54, 1.807) is 6.20 Å². The van der Waals surface area contributed by atoms with E-state index in [2.05, 4.69) is 53.2 Å². The van der Waals surface area contributed by atoms with E-state index in [4.69, 9.17) is 14.7 Å². The van der Waals surface area contributed by atoms with Crippen molar-refractivity contribution in [2.75, 3.05) is 27.3 Å². The minimum Gasteiger partial charge on any atom is -0.381 e. The predicted molar refractivity (Wildman–Crippen MR) is 140 cm³/mol. The zero-order valence-corrected chi connectivity index (χ0v) is 20.3. The van der Waals surface area contributed by atoms with Gasteiger partial charge in [-0.1, -0.05) is 12.1 Å². The van der Waals surface area contributed by atoms with Gasteiger partial charge in [0, 0.05) is 42.3 Å². The van der Waals surface area contributed by atoms with Crippen molar-refractivity contribution in [2.45, 2.75) is 32.2 Å². The van der Waals surface area contributed by atoms with E-state index in [-0.39, 0.29) is 5.56 Å². The Kier molecular flexibility index (Phi) is 5.39. The van der Waals surface area contributed by atoms with Crippen LogP contribution in [0.3, 0.4) is 0 Å². The first kappa shape index (κ1) is 21.9. The second-order valence-corrected chi connectivity index (χ2v) is 9.86. The lowest BCUT2D eigenvalue weighted by atomic mass is 9.87. The van der Waals surface area contributed by atoms with Crippen molar-refractivity contribution in [3.8, 4) is 11.3 Å². The highest BCUT2D eigenvalue weighted by Crippen LogP contribution is 2.34. The van der Waals surface area contributed by atoms with Crippen LogP contribution in [0, 0.1) is 6.92 Å². The number of hydrogen-bond donors (Lipinski definition) is 2. The zero-order chi connectivity index (χ0) is 24.1. The average molecular weight is 468 g/mol. The molecule has 0 bridgehead atoms. The average Bonchev–Trinajstić information content (AvgIpc) is 3.22. The number of benzene rings is 2. The molecule has 2 N–H and O–H groups in total. The molecule has 5 aromatic rings. The maximum atomic E-state index is 12.4. The Hall–Kier alpha value is -3.55. The fourth-order valence-corrected chi connectivity index (χ4v) is 5.33. The Morgan fingerprint density at radius 3 is 2.71 bits per heavy atom. The summed E-state index contributed by atoms with van der Waals surface area (Å²) in [6.45, 7) is 4.54. The second-order valence-electron chi connectivity index (χ2n) is 9.86. The minimum absolute atomic E-state index is 0.0918. The SMILES string of the molecule is Cc1c[nH]c(=O)c2cc3[nH]c4ncc(-c5ccc(C6CCOCC6)c(CN(C)C)c5)nc4c3cc12. The standard InChI is InChI=1S/C28H29N5O2/c1-16-13-30-28(34)22-12-24-23(11-21(16)22)26-27(32-24)29-14-25(31-26)18-4-5-20(17-6-8-35-9-7-17)19(10-18)15-33(2)3/h4-5,10-14,17H,6-9,15H2,1-3H3,(H,29,32)(H,30,34). The molecular weight excluding hydrogens is 438 g/mol. The number of hydrogen-bond acceptors (Lipinski definition) is 5. The topological polar surface area (TPSA) is 86.9 Å². The van der Waals surface area contributed by atoms with Gasteiger partial charge in [-0.25, -0.2) is 9.97 Å². The minimum atomic E-state index is -0.0918. The number of ether oxygens (including phenoxy) is 1. The fraction of sp³-hybridized carbons (Fsp3) is 0.321. The zero-order valence-electron chi connectivity index (χ0n) is 20.3. The molecule has 1 aliphatic heterocycles. The lowest BCUT2D eigenvalue weighted by molar-refractivity contribution is 0.0850. The van der Waals surface area contributed by atoms with Crippen molar-refractivity contribution in [3.05, 3.63) is 69.8 Å². The maximum Gasteiger partial charge on any atom is 0.255 e. The maximum absolute atomic E-state index is 12.4. The summed E-state index contributed by atoms with van der Waals surface area (Å²) < 4.78 is 5.59. The lowest BCUT2D eigenvalue weighted by Gasteiger charge is -2.26. The van der Waals surface area contributed by atoms with Crippen LogP contribution in [-0.2, 0) is 11.3 Å². The third-order valence-corrected chi connectivity index (χ3v) is 7.11. The number of pyridine rings is 1. The molecule has 4 heterocycles. The third-order valence-electron chi connectivity index (χ3n) is 7.11. The van der Waals surface area contributed by atoms with Gasteiger partial charge >= 0.3 is 0 Å². The molecule has 6 rings (SSSR count). The van der Waals surface area contributed by atoms with E-state index in [1.165, 1.54) is 11.1 Å². The van der Waals surface area contributed by atoms with Gasteiger partial charge in [0.1, 0.15) is 5.52 Å². The van der Waals surface area contributed by atoms with Crippen molar-refractivity contribution in [1.82, 2.24) is 24.8 Å². The molecule has 0 saturated carbocycles. The number of aromatic nitrogens is 4. The molecule has 7 nitrogen and oxygen atoms in total. The molecular formula is C28H29N5O2. The van der Waals surface area contributed by atoms with Crippen LogP contribution >= 0.6 is 0 Å². The summed E-state index contributed by atoms with van der Waals surface area (Å²) in [6, 6.07) is 10.7. The third kappa shape index (κ3) is 3.90. The molecule has 2 aromatic carbocycles. The van der Waals surface area contributed by atoms with Gasteiger partial charge in [0.2, 0.25) is 0 Å². The summed E-state index contributed by atoms with van der Waals surface area (Å²) in [5.41, 5.74) is 8.00. The van der Waals surface area contributed by atoms with Crippen LogP contribution in [0.15, 0.2) is 47.5 Å². The van der Waals surface area contributed by atoms with Crippen molar-refractivity contribution in [3.63, 3.8) is 0 Å². The van der Waals surface area contributed by atoms with Gasteiger partial charge in [0.15, 0.2) is 5.65 Å². The van der Waals surface area contributed by atoms with Gasteiger partial charge in [-0.2, -0.15) is 0 Å². The van der Waals surface area contributed by atoms with Crippen molar-refractivity contribution < 1.29 is 4.74 Å². The largest absolute Gasteiger partial charge is 0.381 e. The molecule has 1 saturated heterocycles. The molecule has 0 unspecified atom stereocenters. The highest BCUT2D eigenvalue weighted by molar-refractivity contribution is 6.09. The Morgan fingerprint density at radius 1 is 1.09 bits per heavy atom. The summed E-state index contributed by atoms with van der Waals surface area (Å²) in [7, 11) is 4.21. The van der Waals surface area contributed by atoms with E-state index >= 15 is 0 Å². The molecule has 178 valence electrons. The number of aromatic amines is 2. The van der Waals surface area contributed by atoms with Crippen LogP contribution in [0.5, 0.6) is 0 Å². The Bertz CT molecular complexity index is 1630. The Labute approximate surface area is 203 Å². The van der Waals surface area contributed by atoms with Crippen LogP contribution < -0.4 is 5.56 Å². The Balaban J connectivity index is 1.48. The van der Waals surface area contributed by atoms with E-state index in [9.17, 15) is 4.79 Å². The van der Waals surface area contributed by atoms with Crippen LogP contribution in [0.2, 0.25) is 0 Å². The normalized spacial score (nSPS) is 15.1. The number of nitrogens with zero attached hydrogens (tertiary/aromatic N) is 3. The van der Waals surface area contributed by atoms with E-state index < -0.39 is 0 Å². The van der Waals surface area contributed by atoms with Gasteiger partial charge in [-0.3, -0.25) is 4.79 Å². The first-order chi connectivity index (χ1) is 17.0. The molecule has 0 radical (unpaired) electrons. The molecule has 0 atom stereocenters. The van der Waals surface area contributed by atoms with Crippen LogP contribution in [-0.4, -0.2) is 52.1 Å². The fourth-order valence-electron chi connectivity index (χ4n) is 5.33. The van der Waals surface area contributed by atoms with E-state index in [0.717, 1.165) is 76.9 Å². The van der Waals surface area contributed by atoms with Crippen molar-refractivity contribution in [2.24, 2.45) is 0 Å². The van der Waals surface area contributed by atoms with Gasteiger partial charge < -0.3 is 19.6 Å². The highest BCUT2D eigenvalue weighted by Gasteiger charge is 2.20.